The summed E-state index contributed by atoms with van der Waals surface area (Å²) in [6.07, 6.45) is 0. The maximum Gasteiger partial charge on any atom is 0.252 e. The Bertz CT molecular complexity index is 3820. The van der Waals surface area contributed by atoms with Crippen LogP contribution in [-0.4, -0.2) is 6.71 Å². The minimum absolute atomic E-state index is 0.0139. The highest BCUT2D eigenvalue weighted by atomic mass is 15.2. The van der Waals surface area contributed by atoms with Gasteiger partial charge in [-0.15, -0.1) is 0 Å². The van der Waals surface area contributed by atoms with E-state index in [1.807, 2.05) is 0 Å². The topological polar surface area (TPSA) is 6.48 Å². The Morgan fingerprint density at radius 2 is 0.644 bits per heavy atom. The number of rotatable bonds is 4. The molecule has 0 saturated heterocycles. The van der Waals surface area contributed by atoms with Crippen LogP contribution in [0.2, 0.25) is 0 Å². The van der Waals surface area contributed by atoms with E-state index in [1.165, 1.54) is 127 Å². The van der Waals surface area contributed by atoms with Gasteiger partial charge in [0.05, 0.1) is 11.4 Å². The smallest absolute Gasteiger partial charge is 0.252 e. The number of nitrogens with zero attached hydrogens (tertiary/aromatic N) is 2. The molecule has 3 heteroatoms. The van der Waals surface area contributed by atoms with Gasteiger partial charge in [-0.3, -0.25) is 0 Å². The molecule has 0 aromatic heterocycles. The van der Waals surface area contributed by atoms with Crippen molar-refractivity contribution in [2.75, 3.05) is 9.80 Å². The van der Waals surface area contributed by atoms with Gasteiger partial charge < -0.3 is 9.80 Å². The van der Waals surface area contributed by atoms with Crippen molar-refractivity contribution in [1.82, 2.24) is 0 Å². The maximum absolute atomic E-state index is 2.62. The minimum atomic E-state index is -0.0700. The van der Waals surface area contributed by atoms with Crippen LogP contribution in [0.1, 0.15) is 105 Å². The number of anilines is 6. The van der Waals surface area contributed by atoms with Gasteiger partial charge in [-0.1, -0.05) is 217 Å². The van der Waals surface area contributed by atoms with Gasteiger partial charge in [0.2, 0.25) is 0 Å². The van der Waals surface area contributed by atoms with Crippen LogP contribution in [0.15, 0.2) is 188 Å². The third-order valence-corrected chi connectivity index (χ3v) is 16.1. The third kappa shape index (κ3) is 7.69. The van der Waals surface area contributed by atoms with E-state index in [2.05, 4.69) is 281 Å². The first kappa shape index (κ1) is 46.7. The lowest BCUT2D eigenvalue weighted by molar-refractivity contribution is 0.590. The zero-order chi connectivity index (χ0) is 50.9. The molecule has 2 nitrogen and oxygen atoms in total. The minimum Gasteiger partial charge on any atom is -0.311 e. The number of benzene rings is 10. The number of hydrogen-bond acceptors (Lipinski definition) is 2. The average molecular weight is 947 g/mol. The van der Waals surface area contributed by atoms with Crippen molar-refractivity contribution in [3.05, 3.63) is 210 Å². The van der Waals surface area contributed by atoms with Gasteiger partial charge in [0, 0.05) is 33.9 Å². The molecule has 0 saturated carbocycles. The summed E-state index contributed by atoms with van der Waals surface area (Å²) in [5, 5.41) is 7.71. The van der Waals surface area contributed by atoms with Crippen molar-refractivity contribution in [2.45, 2.75) is 105 Å². The second-order valence-electron chi connectivity index (χ2n) is 25.0. The van der Waals surface area contributed by atoms with Crippen LogP contribution in [0, 0.1) is 0 Å². The summed E-state index contributed by atoms with van der Waals surface area (Å²) >= 11 is 0. The predicted octanol–water partition coefficient (Wildman–Crippen LogP) is 17.8. The first-order chi connectivity index (χ1) is 34.8. The Morgan fingerprint density at radius 1 is 0.274 bits per heavy atom. The summed E-state index contributed by atoms with van der Waals surface area (Å²) in [6.45, 7) is 28.1. The fourth-order valence-corrected chi connectivity index (χ4v) is 11.9. The molecule has 73 heavy (non-hydrogen) atoms. The fraction of sp³-hybridized carbons (Fsp3) is 0.229. The second kappa shape index (κ2) is 16.6. The van der Waals surface area contributed by atoms with E-state index in [4.69, 9.17) is 0 Å². The van der Waals surface area contributed by atoms with Crippen molar-refractivity contribution in [1.29, 1.82) is 0 Å². The quantitative estimate of drug-likeness (QED) is 0.128. The molecule has 2 heterocycles. The van der Waals surface area contributed by atoms with Gasteiger partial charge in [-0.2, -0.15) is 0 Å². The number of hydrogen-bond donors (Lipinski definition) is 0. The van der Waals surface area contributed by atoms with Gasteiger partial charge in [-0.25, -0.2) is 0 Å². The molecule has 2 aliphatic rings. The van der Waals surface area contributed by atoms with E-state index in [9.17, 15) is 0 Å². The van der Waals surface area contributed by atoms with Gasteiger partial charge in [0.25, 0.3) is 6.71 Å². The Morgan fingerprint density at radius 3 is 1.08 bits per heavy atom. The third-order valence-electron chi connectivity index (χ3n) is 16.1. The van der Waals surface area contributed by atoms with E-state index in [0.717, 1.165) is 0 Å². The monoisotopic (exact) mass is 947 g/mol. The highest BCUT2D eigenvalue weighted by Crippen LogP contribution is 2.50. The van der Waals surface area contributed by atoms with E-state index in [1.54, 1.807) is 0 Å². The highest BCUT2D eigenvalue weighted by Gasteiger charge is 2.45. The molecule has 360 valence electrons. The molecule has 0 bridgehead atoms. The van der Waals surface area contributed by atoms with E-state index in [-0.39, 0.29) is 28.4 Å². The van der Waals surface area contributed by atoms with Gasteiger partial charge in [-0.05, 0) is 158 Å². The molecule has 0 spiro atoms. The van der Waals surface area contributed by atoms with Crippen molar-refractivity contribution >= 4 is 89.5 Å². The fourth-order valence-electron chi connectivity index (χ4n) is 11.9. The van der Waals surface area contributed by atoms with Crippen molar-refractivity contribution in [3.63, 3.8) is 0 Å². The summed E-state index contributed by atoms with van der Waals surface area (Å²) in [5.74, 6) is 0. The predicted molar refractivity (Wildman–Crippen MR) is 319 cm³/mol. The molecular formula is C70H67BN2. The normalized spacial score (nSPS) is 13.7. The molecule has 2 aliphatic heterocycles. The summed E-state index contributed by atoms with van der Waals surface area (Å²) < 4.78 is 0. The second-order valence-corrected chi connectivity index (χ2v) is 25.0. The number of fused-ring (bicyclic) bond motifs is 10. The van der Waals surface area contributed by atoms with E-state index in [0.29, 0.717) is 0 Å². The molecule has 0 amide bonds. The Kier molecular flexibility index (Phi) is 10.6. The molecule has 0 radical (unpaired) electrons. The zero-order valence-electron chi connectivity index (χ0n) is 44.9. The zero-order valence-corrected chi connectivity index (χ0v) is 44.9. The summed E-state index contributed by atoms with van der Waals surface area (Å²) in [5.41, 5.74) is 21.2. The molecule has 10 aromatic carbocycles. The molecule has 12 rings (SSSR count). The first-order valence-corrected chi connectivity index (χ1v) is 26.5. The lowest BCUT2D eigenvalue weighted by Crippen LogP contribution is -2.61. The largest absolute Gasteiger partial charge is 0.311 e. The summed E-state index contributed by atoms with van der Waals surface area (Å²) in [7, 11) is 0. The van der Waals surface area contributed by atoms with Gasteiger partial charge >= 0.3 is 0 Å². The molecule has 0 N–H and O–H groups in total. The molecular weight excluding hydrogens is 880 g/mol. The van der Waals surface area contributed by atoms with Crippen LogP contribution < -0.4 is 26.2 Å². The van der Waals surface area contributed by atoms with Crippen LogP contribution >= 0.6 is 0 Å². The summed E-state index contributed by atoms with van der Waals surface area (Å²) in [4.78, 5) is 5.23. The molecule has 0 unspecified atom stereocenters. The van der Waals surface area contributed by atoms with Crippen LogP contribution in [0.25, 0.3) is 54.6 Å². The molecule has 0 atom stereocenters. The van der Waals surface area contributed by atoms with Crippen molar-refractivity contribution in [3.8, 4) is 22.3 Å². The molecule has 0 fully saturated rings. The van der Waals surface area contributed by atoms with Crippen LogP contribution in [0.3, 0.4) is 0 Å². The van der Waals surface area contributed by atoms with E-state index >= 15 is 0 Å². The first-order valence-electron chi connectivity index (χ1n) is 26.5. The van der Waals surface area contributed by atoms with Crippen LogP contribution in [0.5, 0.6) is 0 Å². The Balaban J connectivity index is 1.18. The van der Waals surface area contributed by atoms with Gasteiger partial charge in [0.15, 0.2) is 0 Å². The Labute approximate surface area is 434 Å². The lowest BCUT2D eigenvalue weighted by atomic mass is 9.33. The van der Waals surface area contributed by atoms with Crippen LogP contribution in [0.4, 0.5) is 34.1 Å². The van der Waals surface area contributed by atoms with Crippen molar-refractivity contribution < 1.29 is 0 Å². The average Bonchev–Trinajstić information content (AvgIpc) is 3.37. The van der Waals surface area contributed by atoms with Gasteiger partial charge in [0.1, 0.15) is 0 Å². The SMILES string of the molecule is CC(C)(C)c1ccc2c(c1)B1c3cc(C(C)(C)C)ccc3N(c3ccc(C(C)(C)C)cc3-c3ccc4c5ccccc5c5ccccc5c4c3)c3cccc(c31)N2c1ccc(C(C)(C)C)cc1-c1ccccc1. The lowest BCUT2D eigenvalue weighted by Gasteiger charge is -2.45. The van der Waals surface area contributed by atoms with Crippen molar-refractivity contribution in [2.24, 2.45) is 0 Å². The van der Waals surface area contributed by atoms with Crippen LogP contribution in [-0.2, 0) is 21.7 Å². The molecule has 0 aliphatic carbocycles. The maximum atomic E-state index is 2.62. The highest BCUT2D eigenvalue weighted by molar-refractivity contribution is 7.00. The van der Waals surface area contributed by atoms with E-state index < -0.39 is 0 Å². The Hall–Kier alpha value is -7.36. The standard InChI is InChI=1S/C70H67BN2/c1-67(2,3)46-30-35-60(55(40-46)44-21-14-13-15-22-44)72-62-37-32-48(69(7,8)9)42-58(62)71-59-43-49(70(10,11)12)33-38-63(59)73(65-28-20-27-64(72)66(65)71)61-36-31-47(68(4,5)6)41-56(61)45-29-34-54-52-25-17-16-23-50(52)51-24-18-19-26-53(51)57(54)39-45/h13-43H,1-12H3. The summed E-state index contributed by atoms with van der Waals surface area (Å²) in [6, 6.07) is 72.4. The molecule has 10 aromatic rings.